The largest absolute Gasteiger partial charge is 0.308 e. The number of hydrogen-bond donors (Lipinski definition) is 1. The molecule has 0 saturated heterocycles. The molecular weight excluding hydrogens is 200 g/mol. The number of nitrogens with zero attached hydrogens (tertiary/aromatic N) is 3. The molecule has 0 amide bonds. The summed E-state index contributed by atoms with van der Waals surface area (Å²) in [6.45, 7) is 3.91. The predicted octanol–water partition coefficient (Wildman–Crippen LogP) is 1.46. The zero-order valence-corrected chi connectivity index (χ0v) is 9.37. The van der Waals surface area contributed by atoms with Gasteiger partial charge in [0.25, 0.3) is 0 Å². The third kappa shape index (κ3) is 3.17. The van der Waals surface area contributed by atoms with E-state index in [0.29, 0.717) is 6.04 Å². The minimum Gasteiger partial charge on any atom is -0.308 e. The summed E-state index contributed by atoms with van der Waals surface area (Å²) in [7, 11) is 0. The lowest BCUT2D eigenvalue weighted by atomic mass is 10.2. The zero-order chi connectivity index (χ0) is 11.2. The van der Waals surface area contributed by atoms with Crippen LogP contribution in [0.4, 0.5) is 0 Å². The van der Waals surface area contributed by atoms with Crippen LogP contribution in [0.3, 0.4) is 0 Å². The number of hydrogen-bond acceptors (Lipinski definition) is 3. The van der Waals surface area contributed by atoms with Crippen LogP contribution in [-0.4, -0.2) is 20.8 Å². The normalized spacial score (nSPS) is 12.6. The lowest BCUT2D eigenvalue weighted by molar-refractivity contribution is 0.451. The molecule has 1 atom stereocenters. The van der Waals surface area contributed by atoms with Crippen LogP contribution < -0.4 is 5.32 Å². The molecule has 84 valence electrons. The van der Waals surface area contributed by atoms with Crippen LogP contribution in [0.5, 0.6) is 0 Å². The van der Waals surface area contributed by atoms with Crippen molar-refractivity contribution in [3.63, 3.8) is 0 Å². The Morgan fingerprint density at radius 2 is 2.12 bits per heavy atom. The highest BCUT2D eigenvalue weighted by Gasteiger charge is 2.02. The van der Waals surface area contributed by atoms with Crippen LogP contribution in [0.1, 0.15) is 12.5 Å². The van der Waals surface area contributed by atoms with Crippen molar-refractivity contribution in [1.82, 2.24) is 20.1 Å². The summed E-state index contributed by atoms with van der Waals surface area (Å²) >= 11 is 0. The molecule has 0 aromatic carbocycles. The van der Waals surface area contributed by atoms with E-state index in [4.69, 9.17) is 0 Å². The minimum absolute atomic E-state index is 0.396. The van der Waals surface area contributed by atoms with Gasteiger partial charge in [0.15, 0.2) is 0 Å². The maximum Gasteiger partial charge on any atom is 0.0560 e. The van der Waals surface area contributed by atoms with Gasteiger partial charge >= 0.3 is 0 Å². The van der Waals surface area contributed by atoms with Gasteiger partial charge in [-0.3, -0.25) is 9.67 Å². The quantitative estimate of drug-likeness (QED) is 0.822. The molecule has 0 unspecified atom stereocenters. The van der Waals surface area contributed by atoms with Crippen molar-refractivity contribution in [1.29, 1.82) is 0 Å². The van der Waals surface area contributed by atoms with Gasteiger partial charge in [-0.15, -0.1) is 0 Å². The fourth-order valence-corrected chi connectivity index (χ4v) is 1.55. The minimum atomic E-state index is 0.396. The first kappa shape index (κ1) is 10.8. The molecule has 0 fully saturated rings. The molecule has 4 heteroatoms. The van der Waals surface area contributed by atoms with Crippen LogP contribution >= 0.6 is 0 Å². The predicted molar refractivity (Wildman–Crippen MR) is 62.8 cm³/mol. The molecule has 2 aromatic rings. The van der Waals surface area contributed by atoms with E-state index < -0.39 is 0 Å². The van der Waals surface area contributed by atoms with Gasteiger partial charge in [0.2, 0.25) is 0 Å². The van der Waals surface area contributed by atoms with E-state index >= 15 is 0 Å². The Morgan fingerprint density at radius 3 is 2.81 bits per heavy atom. The first-order chi connectivity index (χ1) is 7.84. The van der Waals surface area contributed by atoms with Gasteiger partial charge in [0.1, 0.15) is 0 Å². The van der Waals surface area contributed by atoms with E-state index in [9.17, 15) is 0 Å². The van der Waals surface area contributed by atoms with E-state index in [-0.39, 0.29) is 0 Å². The molecule has 16 heavy (non-hydrogen) atoms. The summed E-state index contributed by atoms with van der Waals surface area (Å²) < 4.78 is 1.93. The fraction of sp³-hybridized carbons (Fsp3) is 0.333. The van der Waals surface area contributed by atoms with Crippen molar-refractivity contribution in [2.45, 2.75) is 26.1 Å². The Hall–Kier alpha value is -1.68. The van der Waals surface area contributed by atoms with Crippen LogP contribution in [-0.2, 0) is 13.1 Å². The number of pyridine rings is 1. The summed E-state index contributed by atoms with van der Waals surface area (Å²) in [5.41, 5.74) is 1.25. The maximum absolute atomic E-state index is 4.18. The van der Waals surface area contributed by atoms with Crippen molar-refractivity contribution in [2.24, 2.45) is 0 Å². The SMILES string of the molecule is C[C@@H](Cn1cccn1)NCc1ccncc1. The molecule has 0 radical (unpaired) electrons. The highest BCUT2D eigenvalue weighted by atomic mass is 15.3. The summed E-state index contributed by atoms with van der Waals surface area (Å²) in [6.07, 6.45) is 7.41. The van der Waals surface area contributed by atoms with Gasteiger partial charge in [0, 0.05) is 37.4 Å². The molecule has 0 aliphatic rings. The van der Waals surface area contributed by atoms with Crippen molar-refractivity contribution < 1.29 is 0 Å². The van der Waals surface area contributed by atoms with Gasteiger partial charge in [-0.05, 0) is 30.7 Å². The van der Waals surface area contributed by atoms with E-state index in [1.807, 2.05) is 41.5 Å². The molecule has 0 aliphatic heterocycles. The molecule has 0 aliphatic carbocycles. The molecule has 2 rings (SSSR count). The third-order valence-corrected chi connectivity index (χ3v) is 2.42. The molecular formula is C12H16N4. The van der Waals surface area contributed by atoms with Crippen LogP contribution in [0.15, 0.2) is 43.0 Å². The summed E-state index contributed by atoms with van der Waals surface area (Å²) in [4.78, 5) is 3.99. The topological polar surface area (TPSA) is 42.7 Å². The van der Waals surface area contributed by atoms with E-state index in [0.717, 1.165) is 13.1 Å². The first-order valence-electron chi connectivity index (χ1n) is 5.44. The highest BCUT2D eigenvalue weighted by Crippen LogP contribution is 1.97. The summed E-state index contributed by atoms with van der Waals surface area (Å²) in [6, 6.07) is 6.38. The number of aromatic nitrogens is 3. The van der Waals surface area contributed by atoms with Crippen LogP contribution in [0, 0.1) is 0 Å². The Labute approximate surface area is 95.3 Å². The standard InChI is InChI=1S/C12H16N4/c1-11(10-16-8-2-5-15-16)14-9-12-3-6-13-7-4-12/h2-8,11,14H,9-10H2,1H3/t11-/m0/s1. The highest BCUT2D eigenvalue weighted by molar-refractivity contribution is 5.09. The fourth-order valence-electron chi connectivity index (χ4n) is 1.55. The average Bonchev–Trinajstić information content (AvgIpc) is 2.81. The monoisotopic (exact) mass is 216 g/mol. The molecule has 0 bridgehead atoms. The second kappa shape index (κ2) is 5.42. The lowest BCUT2D eigenvalue weighted by Crippen LogP contribution is -2.30. The lowest BCUT2D eigenvalue weighted by Gasteiger charge is -2.13. The maximum atomic E-state index is 4.18. The van der Waals surface area contributed by atoms with Gasteiger partial charge < -0.3 is 5.32 Å². The number of rotatable bonds is 5. The Kier molecular flexibility index (Phi) is 3.66. The number of nitrogens with one attached hydrogen (secondary N) is 1. The average molecular weight is 216 g/mol. The molecule has 4 nitrogen and oxygen atoms in total. The van der Waals surface area contributed by atoms with Gasteiger partial charge in [-0.1, -0.05) is 0 Å². The Morgan fingerprint density at radius 1 is 1.31 bits per heavy atom. The van der Waals surface area contributed by atoms with Crippen molar-refractivity contribution in [2.75, 3.05) is 0 Å². The van der Waals surface area contributed by atoms with Crippen molar-refractivity contribution in [3.8, 4) is 0 Å². The Balaban J connectivity index is 1.78. The molecule has 0 spiro atoms. The summed E-state index contributed by atoms with van der Waals surface area (Å²) in [5.74, 6) is 0. The molecule has 2 aromatic heterocycles. The molecule has 0 saturated carbocycles. The molecule has 2 heterocycles. The second-order valence-electron chi connectivity index (χ2n) is 3.87. The van der Waals surface area contributed by atoms with Crippen molar-refractivity contribution in [3.05, 3.63) is 48.5 Å². The molecule has 1 N–H and O–H groups in total. The van der Waals surface area contributed by atoms with E-state index in [2.05, 4.69) is 22.3 Å². The first-order valence-corrected chi connectivity index (χ1v) is 5.44. The van der Waals surface area contributed by atoms with Gasteiger partial charge in [-0.2, -0.15) is 5.10 Å². The van der Waals surface area contributed by atoms with Gasteiger partial charge in [0.05, 0.1) is 6.54 Å². The van der Waals surface area contributed by atoms with E-state index in [1.165, 1.54) is 5.56 Å². The van der Waals surface area contributed by atoms with E-state index in [1.54, 1.807) is 6.20 Å². The zero-order valence-electron chi connectivity index (χ0n) is 9.37. The van der Waals surface area contributed by atoms with Crippen molar-refractivity contribution >= 4 is 0 Å². The van der Waals surface area contributed by atoms with Crippen LogP contribution in [0.2, 0.25) is 0 Å². The second-order valence-corrected chi connectivity index (χ2v) is 3.87. The third-order valence-electron chi connectivity index (χ3n) is 2.42. The Bertz CT molecular complexity index is 396. The summed E-state index contributed by atoms with van der Waals surface area (Å²) in [5, 5.41) is 7.63. The smallest absolute Gasteiger partial charge is 0.0560 e. The van der Waals surface area contributed by atoms with Crippen LogP contribution in [0.25, 0.3) is 0 Å². The van der Waals surface area contributed by atoms with Gasteiger partial charge in [-0.25, -0.2) is 0 Å².